The van der Waals surface area contributed by atoms with Gasteiger partial charge in [0.05, 0.1) is 18.0 Å². The van der Waals surface area contributed by atoms with Crippen LogP contribution >= 0.6 is 0 Å². The van der Waals surface area contributed by atoms with Gasteiger partial charge in [-0.1, -0.05) is 18.2 Å². The summed E-state index contributed by atoms with van der Waals surface area (Å²) >= 11 is 0. The molecule has 2 aromatic carbocycles. The Kier molecular flexibility index (Phi) is 7.41. The summed E-state index contributed by atoms with van der Waals surface area (Å²) in [6.07, 6.45) is 4.77. The van der Waals surface area contributed by atoms with Crippen LogP contribution in [0.2, 0.25) is 0 Å². The van der Waals surface area contributed by atoms with E-state index >= 15 is 0 Å². The molecule has 0 atom stereocenters. The number of sulfone groups is 1. The van der Waals surface area contributed by atoms with Crippen molar-refractivity contribution in [3.8, 4) is 5.69 Å². The van der Waals surface area contributed by atoms with E-state index in [0.717, 1.165) is 17.5 Å². The molecule has 1 aromatic heterocycles. The van der Waals surface area contributed by atoms with Crippen LogP contribution in [0.5, 0.6) is 0 Å². The van der Waals surface area contributed by atoms with E-state index in [1.54, 1.807) is 10.9 Å². The van der Waals surface area contributed by atoms with E-state index in [0.29, 0.717) is 30.2 Å². The summed E-state index contributed by atoms with van der Waals surface area (Å²) in [7, 11) is -3.23. The number of halogens is 1. The summed E-state index contributed by atoms with van der Waals surface area (Å²) in [5.74, 6) is 0.0158. The first-order valence-corrected chi connectivity index (χ1v) is 12.0. The molecule has 0 unspecified atom stereocenters. The lowest BCUT2D eigenvalue weighted by molar-refractivity contribution is 0.599. The average molecular weight is 444 g/mol. The van der Waals surface area contributed by atoms with Crippen molar-refractivity contribution >= 4 is 15.8 Å². The quantitative estimate of drug-likeness (QED) is 0.413. The predicted octanol–water partition coefficient (Wildman–Crippen LogP) is 2.81. The Balaban J connectivity index is 1.68. The van der Waals surface area contributed by atoms with E-state index in [2.05, 4.69) is 20.7 Å². The lowest BCUT2D eigenvalue weighted by Gasteiger charge is -2.14. The van der Waals surface area contributed by atoms with Gasteiger partial charge in [-0.05, 0) is 53.9 Å². The highest BCUT2D eigenvalue weighted by Gasteiger charge is 2.11. The first kappa shape index (κ1) is 22.5. The molecule has 0 spiro atoms. The number of hydrogen-bond acceptors (Lipinski definition) is 4. The number of rotatable bonds is 8. The minimum atomic E-state index is -3.23. The van der Waals surface area contributed by atoms with Crippen molar-refractivity contribution in [1.82, 2.24) is 20.4 Å². The second kappa shape index (κ2) is 10.2. The lowest BCUT2D eigenvalue weighted by atomic mass is 10.1. The van der Waals surface area contributed by atoms with Crippen LogP contribution in [0.3, 0.4) is 0 Å². The summed E-state index contributed by atoms with van der Waals surface area (Å²) in [5.41, 5.74) is 3.14. The topological polar surface area (TPSA) is 88.4 Å². The molecular weight excluding hydrogens is 417 g/mol. The normalized spacial score (nSPS) is 12.0. The molecule has 0 aliphatic heterocycles. The molecule has 0 radical (unpaired) electrons. The van der Waals surface area contributed by atoms with Crippen LogP contribution in [-0.4, -0.2) is 37.0 Å². The molecule has 0 saturated heterocycles. The Bertz CT molecular complexity index is 1130. The van der Waals surface area contributed by atoms with Crippen LogP contribution in [-0.2, 0) is 28.7 Å². The third-order valence-corrected chi connectivity index (χ3v) is 5.34. The maximum absolute atomic E-state index is 13.7. The smallest absolute Gasteiger partial charge is 0.191 e. The van der Waals surface area contributed by atoms with E-state index < -0.39 is 15.7 Å². The number of nitrogens with zero attached hydrogens (tertiary/aromatic N) is 3. The van der Waals surface area contributed by atoms with Crippen molar-refractivity contribution in [2.45, 2.75) is 25.8 Å². The predicted molar refractivity (Wildman–Crippen MR) is 120 cm³/mol. The summed E-state index contributed by atoms with van der Waals surface area (Å²) < 4.78 is 38.9. The number of benzene rings is 2. The molecule has 0 aliphatic rings. The molecule has 7 nitrogen and oxygen atoms in total. The fraction of sp³-hybridized carbons (Fsp3) is 0.273. The van der Waals surface area contributed by atoms with Gasteiger partial charge in [0.1, 0.15) is 5.82 Å². The highest BCUT2D eigenvalue weighted by molar-refractivity contribution is 7.89. The van der Waals surface area contributed by atoms with Crippen molar-refractivity contribution in [2.75, 3.05) is 12.8 Å². The zero-order valence-corrected chi connectivity index (χ0v) is 18.4. The zero-order chi connectivity index (χ0) is 22.3. The lowest BCUT2D eigenvalue weighted by Crippen LogP contribution is -2.37. The largest absolute Gasteiger partial charge is 0.357 e. The fourth-order valence-corrected chi connectivity index (χ4v) is 3.90. The molecule has 3 rings (SSSR count). The first-order valence-electron chi connectivity index (χ1n) is 9.90. The molecule has 164 valence electrons. The number of hydrogen-bond donors (Lipinski definition) is 2. The average Bonchev–Trinajstić information content (AvgIpc) is 3.26. The molecule has 3 aromatic rings. The van der Waals surface area contributed by atoms with Gasteiger partial charge in [-0.2, -0.15) is 5.10 Å². The summed E-state index contributed by atoms with van der Waals surface area (Å²) in [5, 5.41) is 10.5. The zero-order valence-electron chi connectivity index (χ0n) is 17.5. The second-order valence-electron chi connectivity index (χ2n) is 7.15. The van der Waals surface area contributed by atoms with Crippen LogP contribution in [0.25, 0.3) is 5.69 Å². The van der Waals surface area contributed by atoms with Crippen molar-refractivity contribution in [3.05, 3.63) is 83.4 Å². The van der Waals surface area contributed by atoms with Gasteiger partial charge < -0.3 is 10.6 Å². The van der Waals surface area contributed by atoms with Gasteiger partial charge in [0.2, 0.25) is 0 Å². The molecule has 0 fully saturated rings. The SMILES string of the molecule is CCNC(=NCc1ccc(-n2cccn2)cc1)NCc1cc(F)ccc1CS(C)(=O)=O. The Labute approximate surface area is 181 Å². The molecule has 0 aliphatic carbocycles. The van der Waals surface area contributed by atoms with Crippen molar-refractivity contribution in [2.24, 2.45) is 4.99 Å². The maximum Gasteiger partial charge on any atom is 0.191 e. The van der Waals surface area contributed by atoms with E-state index in [4.69, 9.17) is 0 Å². The molecule has 9 heteroatoms. The van der Waals surface area contributed by atoms with Gasteiger partial charge in [-0.25, -0.2) is 22.5 Å². The van der Waals surface area contributed by atoms with Crippen LogP contribution < -0.4 is 10.6 Å². The van der Waals surface area contributed by atoms with Gasteiger partial charge >= 0.3 is 0 Å². The molecule has 1 heterocycles. The first-order chi connectivity index (χ1) is 14.8. The van der Waals surface area contributed by atoms with E-state index in [-0.39, 0.29) is 12.3 Å². The molecule has 2 N–H and O–H groups in total. The van der Waals surface area contributed by atoms with Crippen LogP contribution in [0.1, 0.15) is 23.6 Å². The molecule has 0 bridgehead atoms. The molecule has 0 amide bonds. The molecule has 0 saturated carbocycles. The number of guanidine groups is 1. The van der Waals surface area contributed by atoms with Crippen LogP contribution in [0.15, 0.2) is 65.9 Å². The Hall–Kier alpha value is -3.20. The minimum Gasteiger partial charge on any atom is -0.357 e. The third-order valence-electron chi connectivity index (χ3n) is 4.50. The van der Waals surface area contributed by atoms with Gasteiger partial charge in [0, 0.05) is 31.7 Å². The number of nitrogens with one attached hydrogen (secondary N) is 2. The standard InChI is InChI=1S/C22H26FN5O2S/c1-3-24-22(25-14-17-5-9-21(10-6-17)28-12-4-11-27-28)26-15-19-13-20(23)8-7-18(19)16-31(2,29)30/h4-13H,3,14-16H2,1-2H3,(H2,24,25,26). The van der Waals surface area contributed by atoms with Crippen molar-refractivity contribution in [1.29, 1.82) is 0 Å². The van der Waals surface area contributed by atoms with Gasteiger partial charge in [0.15, 0.2) is 15.8 Å². The van der Waals surface area contributed by atoms with Crippen LogP contribution in [0, 0.1) is 5.82 Å². The summed E-state index contributed by atoms with van der Waals surface area (Å²) in [6.45, 7) is 3.32. The highest BCUT2D eigenvalue weighted by Crippen LogP contribution is 2.14. The minimum absolute atomic E-state index is 0.138. The summed E-state index contributed by atoms with van der Waals surface area (Å²) in [6, 6.07) is 13.9. The Morgan fingerprint density at radius 1 is 1.13 bits per heavy atom. The maximum atomic E-state index is 13.7. The van der Waals surface area contributed by atoms with Gasteiger partial charge in [-0.3, -0.25) is 0 Å². The fourth-order valence-electron chi connectivity index (χ4n) is 3.05. The number of aromatic nitrogens is 2. The van der Waals surface area contributed by atoms with Gasteiger partial charge in [-0.15, -0.1) is 0 Å². The van der Waals surface area contributed by atoms with Gasteiger partial charge in [0.25, 0.3) is 0 Å². The number of aliphatic imine (C=N–C) groups is 1. The Morgan fingerprint density at radius 3 is 2.55 bits per heavy atom. The Morgan fingerprint density at radius 2 is 1.90 bits per heavy atom. The monoisotopic (exact) mass is 443 g/mol. The molecule has 31 heavy (non-hydrogen) atoms. The van der Waals surface area contributed by atoms with E-state index in [1.807, 2.05) is 43.5 Å². The highest BCUT2D eigenvalue weighted by atomic mass is 32.2. The molecular formula is C22H26FN5O2S. The van der Waals surface area contributed by atoms with Crippen molar-refractivity contribution in [3.63, 3.8) is 0 Å². The van der Waals surface area contributed by atoms with E-state index in [9.17, 15) is 12.8 Å². The van der Waals surface area contributed by atoms with E-state index in [1.165, 1.54) is 18.2 Å². The summed E-state index contributed by atoms with van der Waals surface area (Å²) in [4.78, 5) is 4.58. The second-order valence-corrected chi connectivity index (χ2v) is 9.29. The van der Waals surface area contributed by atoms with Crippen molar-refractivity contribution < 1.29 is 12.8 Å². The third kappa shape index (κ3) is 6.92. The van der Waals surface area contributed by atoms with Crippen LogP contribution in [0.4, 0.5) is 4.39 Å².